The molecule has 0 aromatic heterocycles. The highest BCUT2D eigenvalue weighted by molar-refractivity contribution is 5.96. The number of hydrogen-bond acceptors (Lipinski definition) is 3. The van der Waals surface area contributed by atoms with Crippen molar-refractivity contribution in [2.45, 2.75) is 52.9 Å². The van der Waals surface area contributed by atoms with Crippen LogP contribution in [-0.2, 0) is 15.0 Å². The second-order valence-corrected chi connectivity index (χ2v) is 8.18. The molecule has 3 N–H and O–H groups in total. The highest BCUT2D eigenvalue weighted by atomic mass is 16.2. The summed E-state index contributed by atoms with van der Waals surface area (Å²) in [5.74, 6) is -1.09. The number of rotatable bonds is 5. The molecule has 6 heteroatoms. The number of hydrogen-bond donors (Lipinski definition) is 3. The number of aryl methyl sites for hydroxylation is 2. The zero-order valence-corrected chi connectivity index (χ0v) is 17.7. The van der Waals surface area contributed by atoms with Crippen molar-refractivity contribution in [1.82, 2.24) is 10.9 Å². The second-order valence-electron chi connectivity index (χ2n) is 8.18. The van der Waals surface area contributed by atoms with Gasteiger partial charge in [0, 0.05) is 24.1 Å². The molecule has 0 aliphatic carbocycles. The molecule has 29 heavy (non-hydrogen) atoms. The lowest BCUT2D eigenvalue weighted by Gasteiger charge is -2.19. The van der Waals surface area contributed by atoms with Crippen molar-refractivity contribution < 1.29 is 14.4 Å². The van der Waals surface area contributed by atoms with E-state index in [9.17, 15) is 14.4 Å². The maximum absolute atomic E-state index is 12.1. The largest absolute Gasteiger partial charge is 0.326 e. The van der Waals surface area contributed by atoms with Crippen LogP contribution in [0.15, 0.2) is 42.5 Å². The quantitative estimate of drug-likeness (QED) is 0.673. The Kier molecular flexibility index (Phi) is 7.15. The van der Waals surface area contributed by atoms with E-state index in [1.165, 1.54) is 0 Å². The SMILES string of the molecule is Cc1ccc(NC(=O)CCC(=O)NNC(=O)c2ccc(C(C)(C)C)cc2)cc1C. The third-order valence-electron chi connectivity index (χ3n) is 4.70. The minimum Gasteiger partial charge on any atom is -0.326 e. The lowest BCUT2D eigenvalue weighted by Crippen LogP contribution is -2.41. The van der Waals surface area contributed by atoms with Gasteiger partial charge < -0.3 is 5.32 Å². The first-order chi connectivity index (χ1) is 13.6. The van der Waals surface area contributed by atoms with Gasteiger partial charge in [-0.25, -0.2) is 0 Å². The Morgan fingerprint density at radius 3 is 2.00 bits per heavy atom. The summed E-state index contributed by atoms with van der Waals surface area (Å²) in [6.07, 6.45) is -0.00513. The van der Waals surface area contributed by atoms with Gasteiger partial charge in [0.1, 0.15) is 0 Å². The average molecular weight is 396 g/mol. The molecular weight excluding hydrogens is 366 g/mol. The minimum atomic E-state index is -0.431. The number of carbonyl (C=O) groups excluding carboxylic acids is 3. The number of carbonyl (C=O) groups is 3. The Morgan fingerprint density at radius 2 is 1.41 bits per heavy atom. The number of hydrazine groups is 1. The average Bonchev–Trinajstić information content (AvgIpc) is 2.66. The van der Waals surface area contributed by atoms with Crippen molar-refractivity contribution in [3.05, 3.63) is 64.7 Å². The van der Waals surface area contributed by atoms with Crippen LogP contribution in [0.2, 0.25) is 0 Å². The molecule has 3 amide bonds. The van der Waals surface area contributed by atoms with Crippen molar-refractivity contribution in [2.24, 2.45) is 0 Å². The first kappa shape index (κ1) is 22.1. The van der Waals surface area contributed by atoms with Gasteiger partial charge in [0.2, 0.25) is 11.8 Å². The fourth-order valence-electron chi connectivity index (χ4n) is 2.65. The van der Waals surface area contributed by atoms with Crippen LogP contribution in [0.1, 0.15) is 60.7 Å². The number of nitrogens with one attached hydrogen (secondary N) is 3. The van der Waals surface area contributed by atoms with Crippen LogP contribution in [0.3, 0.4) is 0 Å². The molecule has 2 rings (SSSR count). The van der Waals surface area contributed by atoms with Gasteiger partial charge in [-0.1, -0.05) is 39.0 Å². The summed E-state index contributed by atoms with van der Waals surface area (Å²) >= 11 is 0. The Labute approximate surface area is 172 Å². The molecule has 0 aliphatic rings. The van der Waals surface area contributed by atoms with E-state index >= 15 is 0 Å². The summed E-state index contributed by atoms with van der Waals surface area (Å²) in [5, 5.41) is 2.77. The van der Waals surface area contributed by atoms with Crippen LogP contribution in [0, 0.1) is 13.8 Å². The first-order valence-corrected chi connectivity index (χ1v) is 9.63. The molecule has 0 atom stereocenters. The smallest absolute Gasteiger partial charge is 0.269 e. The van der Waals surface area contributed by atoms with Gasteiger partial charge in [0.25, 0.3) is 5.91 Å². The molecule has 0 bridgehead atoms. The predicted molar refractivity (Wildman–Crippen MR) is 115 cm³/mol. The van der Waals surface area contributed by atoms with Crippen LogP contribution in [0.5, 0.6) is 0 Å². The third-order valence-corrected chi connectivity index (χ3v) is 4.70. The van der Waals surface area contributed by atoms with E-state index in [-0.39, 0.29) is 24.2 Å². The predicted octanol–water partition coefficient (Wildman–Crippen LogP) is 3.78. The van der Waals surface area contributed by atoms with Gasteiger partial charge in [-0.2, -0.15) is 0 Å². The monoisotopic (exact) mass is 395 g/mol. The van der Waals surface area contributed by atoms with Crippen molar-refractivity contribution >= 4 is 23.4 Å². The van der Waals surface area contributed by atoms with Gasteiger partial charge in [-0.3, -0.25) is 25.2 Å². The summed E-state index contributed by atoms with van der Waals surface area (Å²) in [5.41, 5.74) is 9.21. The van der Waals surface area contributed by atoms with Gasteiger partial charge in [0.05, 0.1) is 0 Å². The van der Waals surface area contributed by atoms with Gasteiger partial charge in [0.15, 0.2) is 0 Å². The summed E-state index contributed by atoms with van der Waals surface area (Å²) in [4.78, 5) is 36.1. The topological polar surface area (TPSA) is 87.3 Å². The van der Waals surface area contributed by atoms with E-state index in [0.717, 1.165) is 16.7 Å². The van der Waals surface area contributed by atoms with E-state index in [1.807, 2.05) is 44.2 Å². The number of amides is 3. The molecule has 154 valence electrons. The Hall–Kier alpha value is -3.15. The molecule has 0 spiro atoms. The molecule has 0 heterocycles. The third kappa shape index (κ3) is 6.75. The lowest BCUT2D eigenvalue weighted by atomic mass is 9.87. The van der Waals surface area contributed by atoms with Crippen molar-refractivity contribution in [2.75, 3.05) is 5.32 Å². The Balaban J connectivity index is 1.76. The molecule has 0 saturated carbocycles. The van der Waals surface area contributed by atoms with E-state index in [1.54, 1.807) is 12.1 Å². The molecule has 6 nitrogen and oxygen atoms in total. The molecule has 0 saturated heterocycles. The van der Waals surface area contributed by atoms with Crippen molar-refractivity contribution in [3.8, 4) is 0 Å². The lowest BCUT2D eigenvalue weighted by molar-refractivity contribution is -0.124. The standard InChI is InChI=1S/C23H29N3O3/c1-15-6-11-19(14-16(15)2)24-20(27)12-13-21(28)25-26-22(29)17-7-9-18(10-8-17)23(3,4)5/h6-11,14H,12-13H2,1-5H3,(H,24,27)(H,25,28)(H,26,29). The molecule has 2 aromatic rings. The minimum absolute atomic E-state index is 0.00106. The molecule has 2 aromatic carbocycles. The summed E-state index contributed by atoms with van der Waals surface area (Å²) in [6.45, 7) is 10.3. The Morgan fingerprint density at radius 1 is 0.793 bits per heavy atom. The fraction of sp³-hybridized carbons (Fsp3) is 0.348. The highest BCUT2D eigenvalue weighted by Gasteiger charge is 2.15. The van der Waals surface area contributed by atoms with E-state index in [2.05, 4.69) is 36.9 Å². The Bertz CT molecular complexity index is 897. The fourth-order valence-corrected chi connectivity index (χ4v) is 2.65. The van der Waals surface area contributed by atoms with Crippen LogP contribution in [-0.4, -0.2) is 17.7 Å². The zero-order chi connectivity index (χ0) is 21.6. The first-order valence-electron chi connectivity index (χ1n) is 9.63. The van der Waals surface area contributed by atoms with Crippen molar-refractivity contribution in [1.29, 1.82) is 0 Å². The molecule has 0 aliphatic heterocycles. The number of anilines is 1. The second kappa shape index (κ2) is 9.37. The van der Waals surface area contributed by atoms with Crippen LogP contribution in [0.25, 0.3) is 0 Å². The van der Waals surface area contributed by atoms with Gasteiger partial charge >= 0.3 is 0 Å². The highest BCUT2D eigenvalue weighted by Crippen LogP contribution is 2.22. The zero-order valence-electron chi connectivity index (χ0n) is 17.7. The van der Waals surface area contributed by atoms with E-state index in [4.69, 9.17) is 0 Å². The molecule has 0 fully saturated rings. The number of benzene rings is 2. The molecule has 0 radical (unpaired) electrons. The van der Waals surface area contributed by atoms with E-state index in [0.29, 0.717) is 11.3 Å². The van der Waals surface area contributed by atoms with Gasteiger partial charge in [-0.15, -0.1) is 0 Å². The molecular formula is C23H29N3O3. The maximum Gasteiger partial charge on any atom is 0.269 e. The normalized spacial score (nSPS) is 10.9. The summed E-state index contributed by atoms with van der Waals surface area (Å²) < 4.78 is 0. The summed E-state index contributed by atoms with van der Waals surface area (Å²) in [6, 6.07) is 12.9. The van der Waals surface area contributed by atoms with Gasteiger partial charge in [-0.05, 0) is 60.2 Å². The summed E-state index contributed by atoms with van der Waals surface area (Å²) in [7, 11) is 0. The van der Waals surface area contributed by atoms with E-state index < -0.39 is 11.8 Å². The van der Waals surface area contributed by atoms with Crippen LogP contribution < -0.4 is 16.2 Å². The van der Waals surface area contributed by atoms with Crippen LogP contribution in [0.4, 0.5) is 5.69 Å². The maximum atomic E-state index is 12.1. The molecule has 0 unspecified atom stereocenters. The van der Waals surface area contributed by atoms with Crippen molar-refractivity contribution in [3.63, 3.8) is 0 Å². The van der Waals surface area contributed by atoms with Crippen LogP contribution >= 0.6 is 0 Å².